The van der Waals surface area contributed by atoms with Crippen molar-refractivity contribution in [1.82, 2.24) is 9.97 Å². The van der Waals surface area contributed by atoms with Crippen LogP contribution in [0, 0.1) is 25.2 Å². The average Bonchev–Trinajstić information content (AvgIpc) is 2.62. The molecule has 1 N–H and O–H groups in total. The topological polar surface area (TPSA) is 78.7 Å². The predicted molar refractivity (Wildman–Crippen MR) is 101 cm³/mol. The average molecular weight is 360 g/mol. The summed E-state index contributed by atoms with van der Waals surface area (Å²) in [4.78, 5) is 22.1. The fraction of sp³-hybridized carbons (Fsp3) is 0.100. The van der Waals surface area contributed by atoms with Crippen LogP contribution in [0.1, 0.15) is 27.3 Å². The normalized spacial score (nSPS) is 10.2. The van der Waals surface area contributed by atoms with Crippen LogP contribution in [0.4, 0.5) is 5.69 Å². The molecular weight excluding hydrogens is 344 g/mol. The maximum Gasteiger partial charge on any atom is 0.255 e. The van der Waals surface area contributed by atoms with Crippen molar-refractivity contribution in [2.24, 2.45) is 0 Å². The Balaban J connectivity index is 1.67. The zero-order valence-electron chi connectivity index (χ0n) is 14.4. The summed E-state index contributed by atoms with van der Waals surface area (Å²) >= 11 is 1.48. The molecule has 1 aromatic heterocycles. The van der Waals surface area contributed by atoms with Crippen LogP contribution in [0.3, 0.4) is 0 Å². The molecule has 0 saturated carbocycles. The second kappa shape index (κ2) is 7.81. The van der Waals surface area contributed by atoms with E-state index in [1.807, 2.05) is 50.2 Å². The van der Waals surface area contributed by atoms with E-state index in [4.69, 9.17) is 5.26 Å². The molecule has 3 aromatic rings. The Hall–Kier alpha value is -3.17. The third-order valence-electron chi connectivity index (χ3n) is 3.56. The van der Waals surface area contributed by atoms with Gasteiger partial charge in [0.1, 0.15) is 0 Å². The number of hydrogen-bond acceptors (Lipinski definition) is 5. The molecule has 128 valence electrons. The van der Waals surface area contributed by atoms with E-state index in [-0.39, 0.29) is 5.91 Å². The number of hydrogen-bond donors (Lipinski definition) is 1. The molecule has 0 bridgehead atoms. The highest BCUT2D eigenvalue weighted by atomic mass is 32.2. The van der Waals surface area contributed by atoms with Crippen molar-refractivity contribution < 1.29 is 4.79 Å². The van der Waals surface area contributed by atoms with Gasteiger partial charge in [0.05, 0.1) is 11.6 Å². The van der Waals surface area contributed by atoms with Crippen molar-refractivity contribution >= 4 is 23.4 Å². The van der Waals surface area contributed by atoms with Gasteiger partial charge in [-0.15, -0.1) is 0 Å². The largest absolute Gasteiger partial charge is 0.322 e. The molecule has 0 radical (unpaired) electrons. The van der Waals surface area contributed by atoms with Crippen LogP contribution in [-0.2, 0) is 0 Å². The molecular formula is C20H16N4OS. The van der Waals surface area contributed by atoms with Crippen LogP contribution in [-0.4, -0.2) is 15.9 Å². The highest BCUT2D eigenvalue weighted by Crippen LogP contribution is 2.26. The summed E-state index contributed by atoms with van der Waals surface area (Å²) in [6.45, 7) is 3.89. The van der Waals surface area contributed by atoms with E-state index in [1.54, 1.807) is 24.3 Å². The predicted octanol–water partition coefficient (Wildman–Crippen LogP) is 4.37. The maximum absolute atomic E-state index is 12.2. The van der Waals surface area contributed by atoms with E-state index in [1.165, 1.54) is 11.8 Å². The number of nitriles is 1. The van der Waals surface area contributed by atoms with E-state index < -0.39 is 0 Å². The molecule has 0 fully saturated rings. The molecule has 1 amide bonds. The quantitative estimate of drug-likeness (QED) is 0.699. The first-order valence-electron chi connectivity index (χ1n) is 7.95. The van der Waals surface area contributed by atoms with Crippen LogP contribution in [0.25, 0.3) is 0 Å². The number of carbonyl (C=O) groups excluding carboxylic acids is 1. The third-order valence-corrected chi connectivity index (χ3v) is 4.43. The lowest BCUT2D eigenvalue weighted by Crippen LogP contribution is -2.11. The van der Waals surface area contributed by atoms with E-state index in [0.717, 1.165) is 16.3 Å². The minimum absolute atomic E-state index is 0.215. The second-order valence-electron chi connectivity index (χ2n) is 5.70. The maximum atomic E-state index is 12.2. The molecule has 0 aliphatic rings. The number of amides is 1. The van der Waals surface area contributed by atoms with Crippen molar-refractivity contribution in [1.29, 1.82) is 5.26 Å². The number of aryl methyl sites for hydroxylation is 2. The van der Waals surface area contributed by atoms with Crippen molar-refractivity contribution in [3.63, 3.8) is 0 Å². The van der Waals surface area contributed by atoms with E-state index in [0.29, 0.717) is 22.0 Å². The Kier molecular flexibility index (Phi) is 5.30. The molecule has 0 aliphatic carbocycles. The fourth-order valence-corrected chi connectivity index (χ4v) is 3.21. The van der Waals surface area contributed by atoms with Gasteiger partial charge in [-0.3, -0.25) is 4.79 Å². The minimum Gasteiger partial charge on any atom is -0.322 e. The lowest BCUT2D eigenvalue weighted by atomic mass is 10.1. The van der Waals surface area contributed by atoms with Crippen molar-refractivity contribution in [2.45, 2.75) is 23.9 Å². The summed E-state index contributed by atoms with van der Waals surface area (Å²) in [5.74, 6) is -0.215. The van der Waals surface area contributed by atoms with Crippen LogP contribution < -0.4 is 5.32 Å². The molecule has 0 aliphatic heterocycles. The molecule has 26 heavy (non-hydrogen) atoms. The molecule has 1 heterocycles. The van der Waals surface area contributed by atoms with Crippen LogP contribution in [0.15, 0.2) is 64.6 Å². The number of benzene rings is 2. The zero-order valence-corrected chi connectivity index (χ0v) is 15.2. The molecule has 5 nitrogen and oxygen atoms in total. The Morgan fingerprint density at radius 2 is 1.62 bits per heavy atom. The van der Waals surface area contributed by atoms with Crippen molar-refractivity contribution in [3.05, 3.63) is 77.1 Å². The number of nitrogens with one attached hydrogen (secondary N) is 1. The third kappa shape index (κ3) is 4.47. The van der Waals surface area contributed by atoms with Gasteiger partial charge in [0.25, 0.3) is 5.91 Å². The first-order chi connectivity index (χ1) is 12.5. The molecule has 0 unspecified atom stereocenters. The van der Waals surface area contributed by atoms with Gasteiger partial charge in [-0.05, 0) is 80.2 Å². The first-order valence-corrected chi connectivity index (χ1v) is 8.77. The Labute approximate surface area is 156 Å². The van der Waals surface area contributed by atoms with E-state index in [9.17, 15) is 4.79 Å². The second-order valence-corrected chi connectivity index (χ2v) is 6.74. The van der Waals surface area contributed by atoms with Gasteiger partial charge in [0.15, 0.2) is 5.16 Å². The minimum atomic E-state index is -0.215. The highest BCUT2D eigenvalue weighted by Gasteiger charge is 2.07. The summed E-state index contributed by atoms with van der Waals surface area (Å²) in [5.41, 5.74) is 3.60. The molecule has 0 saturated heterocycles. The summed E-state index contributed by atoms with van der Waals surface area (Å²) in [6, 6.07) is 18.0. The Morgan fingerprint density at radius 3 is 2.19 bits per heavy atom. The number of anilines is 1. The lowest BCUT2D eigenvalue weighted by molar-refractivity contribution is 0.102. The summed E-state index contributed by atoms with van der Waals surface area (Å²) < 4.78 is 0. The van der Waals surface area contributed by atoms with Gasteiger partial charge in [-0.25, -0.2) is 9.97 Å². The molecule has 0 atom stereocenters. The number of carbonyl (C=O) groups is 1. The van der Waals surface area contributed by atoms with Gasteiger partial charge in [0, 0.05) is 27.5 Å². The summed E-state index contributed by atoms with van der Waals surface area (Å²) in [6.07, 6.45) is 0. The van der Waals surface area contributed by atoms with Crippen molar-refractivity contribution in [3.8, 4) is 6.07 Å². The molecule has 3 rings (SSSR count). The fourth-order valence-electron chi connectivity index (χ4n) is 2.35. The summed E-state index contributed by atoms with van der Waals surface area (Å²) in [7, 11) is 0. The molecule has 6 heteroatoms. The van der Waals surface area contributed by atoms with Crippen LogP contribution in [0.5, 0.6) is 0 Å². The van der Waals surface area contributed by atoms with Crippen LogP contribution >= 0.6 is 11.8 Å². The Bertz CT molecular complexity index is 956. The molecule has 2 aromatic carbocycles. The monoisotopic (exact) mass is 360 g/mol. The smallest absolute Gasteiger partial charge is 0.255 e. The van der Waals surface area contributed by atoms with E-state index in [2.05, 4.69) is 15.3 Å². The highest BCUT2D eigenvalue weighted by molar-refractivity contribution is 7.99. The van der Waals surface area contributed by atoms with Gasteiger partial charge in [0.2, 0.25) is 0 Å². The standard InChI is InChI=1S/C20H16N4OS/c1-13-11-14(2)23-20(22-13)26-18-9-7-17(8-10-18)24-19(25)16-5-3-15(12-21)4-6-16/h3-11H,1-2H3,(H,24,25). The van der Waals surface area contributed by atoms with Gasteiger partial charge in [-0.1, -0.05) is 0 Å². The first kappa shape index (κ1) is 17.6. The SMILES string of the molecule is Cc1cc(C)nc(Sc2ccc(NC(=O)c3ccc(C#N)cc3)cc2)n1. The lowest BCUT2D eigenvalue weighted by Gasteiger charge is -2.07. The zero-order chi connectivity index (χ0) is 18.5. The van der Waals surface area contributed by atoms with E-state index >= 15 is 0 Å². The van der Waals surface area contributed by atoms with Crippen molar-refractivity contribution in [2.75, 3.05) is 5.32 Å². The Morgan fingerprint density at radius 1 is 1.00 bits per heavy atom. The number of aromatic nitrogens is 2. The summed E-state index contributed by atoms with van der Waals surface area (Å²) in [5, 5.41) is 12.4. The van der Waals surface area contributed by atoms with Crippen LogP contribution in [0.2, 0.25) is 0 Å². The van der Waals surface area contributed by atoms with Gasteiger partial charge < -0.3 is 5.32 Å². The van der Waals surface area contributed by atoms with Gasteiger partial charge >= 0.3 is 0 Å². The van der Waals surface area contributed by atoms with Gasteiger partial charge in [-0.2, -0.15) is 5.26 Å². The number of nitrogens with zero attached hydrogens (tertiary/aromatic N) is 3. The molecule has 0 spiro atoms. The number of rotatable bonds is 4.